The van der Waals surface area contributed by atoms with E-state index in [1.165, 1.54) is 34.2 Å². The molecule has 2 atom stereocenters. The molecule has 0 saturated carbocycles. The number of hydrogen-bond donors (Lipinski definition) is 2. The van der Waals surface area contributed by atoms with Crippen LogP contribution in [0, 0.1) is 0 Å². The van der Waals surface area contributed by atoms with Gasteiger partial charge >= 0.3 is 11.9 Å². The van der Waals surface area contributed by atoms with E-state index in [2.05, 4.69) is 15.8 Å². The molecule has 2 aliphatic heterocycles. The highest BCUT2D eigenvalue weighted by Crippen LogP contribution is 2.41. The Morgan fingerprint density at radius 3 is 2.37 bits per heavy atom. The van der Waals surface area contributed by atoms with Crippen molar-refractivity contribution in [3.05, 3.63) is 105 Å². The zero-order valence-corrected chi connectivity index (χ0v) is 24.9. The first-order valence-electron chi connectivity index (χ1n) is 13.7. The molecule has 1 saturated heterocycles. The monoisotopic (exact) mass is 618 g/mol. The normalized spacial score (nSPS) is 17.8. The lowest BCUT2D eigenvalue weighted by molar-refractivity contribution is -0.154. The quantitative estimate of drug-likeness (QED) is 0.137. The van der Waals surface area contributed by atoms with Gasteiger partial charge in [-0.15, -0.1) is 23.1 Å². The van der Waals surface area contributed by atoms with Crippen LogP contribution in [0.5, 0.6) is 0 Å². The third-order valence-corrected chi connectivity index (χ3v) is 8.87. The number of benzene rings is 2. The molecular formula is C31H30N4O6S2. The van der Waals surface area contributed by atoms with Crippen molar-refractivity contribution in [3.8, 4) is 0 Å². The maximum absolute atomic E-state index is 13.9. The van der Waals surface area contributed by atoms with E-state index in [0.717, 1.165) is 16.0 Å². The average molecular weight is 619 g/mol. The number of fused-ring (bicyclic) bond motifs is 1. The minimum Gasteiger partial charge on any atom is -0.465 e. The van der Waals surface area contributed by atoms with Gasteiger partial charge in [-0.2, -0.15) is 5.10 Å². The maximum atomic E-state index is 13.9. The van der Waals surface area contributed by atoms with E-state index >= 15 is 0 Å². The van der Waals surface area contributed by atoms with Crippen LogP contribution in [0.4, 0.5) is 0 Å². The first-order valence-corrected chi connectivity index (χ1v) is 15.6. The van der Waals surface area contributed by atoms with Crippen molar-refractivity contribution >= 4 is 53.1 Å². The van der Waals surface area contributed by atoms with E-state index in [4.69, 9.17) is 9.47 Å². The Hall–Kier alpha value is -4.42. The van der Waals surface area contributed by atoms with Gasteiger partial charge in [-0.05, 0) is 29.5 Å². The summed E-state index contributed by atoms with van der Waals surface area (Å²) >= 11 is 2.87. The molecule has 222 valence electrons. The fourth-order valence-corrected chi connectivity index (χ4v) is 6.72. The molecule has 1 aromatic heterocycles. The second-order valence-corrected chi connectivity index (χ2v) is 11.7. The van der Waals surface area contributed by atoms with E-state index in [1.807, 2.05) is 78.2 Å². The van der Waals surface area contributed by atoms with Crippen molar-refractivity contribution < 1.29 is 28.7 Å². The molecule has 0 radical (unpaired) electrons. The molecule has 2 aromatic carbocycles. The third kappa shape index (κ3) is 7.15. The number of ether oxygens (including phenoxy) is 2. The molecule has 2 amide bonds. The molecule has 1 unspecified atom stereocenters. The second kappa shape index (κ2) is 14.2. The Balaban J connectivity index is 1.39. The SMILES string of the molecule is CCOC(=O)CNN=CC1=C(C(=O)OC(c2ccccc2)c2ccccc2)N2C(=O)C(NC(=O)Cc3cccs3)[C@H]2SC1. The molecule has 3 heterocycles. The highest BCUT2D eigenvalue weighted by atomic mass is 32.2. The van der Waals surface area contributed by atoms with E-state index in [-0.39, 0.29) is 31.2 Å². The van der Waals surface area contributed by atoms with Gasteiger partial charge in [-0.25, -0.2) is 4.79 Å². The van der Waals surface area contributed by atoms with Crippen molar-refractivity contribution in [1.82, 2.24) is 15.6 Å². The number of thiophene rings is 1. The number of carbonyl (C=O) groups is 4. The Bertz CT molecular complexity index is 1470. The average Bonchev–Trinajstić information content (AvgIpc) is 3.54. The number of rotatable bonds is 12. The van der Waals surface area contributed by atoms with Gasteiger partial charge in [0.25, 0.3) is 5.91 Å². The molecule has 12 heteroatoms. The summed E-state index contributed by atoms with van der Waals surface area (Å²) in [5.74, 6) is -1.53. The molecule has 3 aromatic rings. The summed E-state index contributed by atoms with van der Waals surface area (Å²) < 4.78 is 11.0. The van der Waals surface area contributed by atoms with Gasteiger partial charge in [-0.3, -0.25) is 24.7 Å². The molecule has 0 spiro atoms. The van der Waals surface area contributed by atoms with E-state index in [0.29, 0.717) is 11.3 Å². The Kier molecular flexibility index (Phi) is 9.90. The molecule has 1 fully saturated rings. The molecule has 0 aliphatic carbocycles. The van der Waals surface area contributed by atoms with Gasteiger partial charge in [0.1, 0.15) is 23.7 Å². The van der Waals surface area contributed by atoms with Crippen molar-refractivity contribution in [2.45, 2.75) is 30.9 Å². The summed E-state index contributed by atoms with van der Waals surface area (Å²) in [6, 6.07) is 21.6. The minimum atomic E-state index is -0.778. The van der Waals surface area contributed by atoms with Crippen LogP contribution in [0.25, 0.3) is 0 Å². The van der Waals surface area contributed by atoms with Gasteiger partial charge in [0.2, 0.25) is 5.91 Å². The van der Waals surface area contributed by atoms with E-state index < -0.39 is 35.4 Å². The number of β-lactam (4-membered cyclic amide) rings is 1. The van der Waals surface area contributed by atoms with Crippen LogP contribution in [0.1, 0.15) is 29.0 Å². The Morgan fingerprint density at radius 1 is 1.05 bits per heavy atom. The first-order chi connectivity index (χ1) is 21.0. The second-order valence-electron chi connectivity index (χ2n) is 9.59. The molecule has 2 N–H and O–H groups in total. The Labute approximate surface area is 257 Å². The van der Waals surface area contributed by atoms with Crippen LogP contribution < -0.4 is 10.7 Å². The van der Waals surface area contributed by atoms with Crippen LogP contribution in [-0.4, -0.2) is 65.2 Å². The van der Waals surface area contributed by atoms with Gasteiger partial charge in [0.15, 0.2) is 6.10 Å². The molecular weight excluding hydrogens is 588 g/mol. The highest BCUT2D eigenvalue weighted by molar-refractivity contribution is 8.00. The van der Waals surface area contributed by atoms with Crippen LogP contribution >= 0.6 is 23.1 Å². The van der Waals surface area contributed by atoms with Crippen molar-refractivity contribution in [2.75, 3.05) is 18.9 Å². The topological polar surface area (TPSA) is 126 Å². The number of carbonyl (C=O) groups excluding carboxylic acids is 4. The van der Waals surface area contributed by atoms with Gasteiger partial charge in [0, 0.05) is 16.2 Å². The Morgan fingerprint density at radius 2 is 1.74 bits per heavy atom. The summed E-state index contributed by atoms with van der Waals surface area (Å²) in [7, 11) is 0. The van der Waals surface area contributed by atoms with Crippen molar-refractivity contribution in [1.29, 1.82) is 0 Å². The lowest BCUT2D eigenvalue weighted by Gasteiger charge is -2.49. The van der Waals surface area contributed by atoms with Crippen LogP contribution in [0.3, 0.4) is 0 Å². The largest absolute Gasteiger partial charge is 0.465 e. The number of thioether (sulfide) groups is 1. The van der Waals surface area contributed by atoms with Gasteiger partial charge in [0.05, 0.1) is 19.2 Å². The number of hydrogen-bond acceptors (Lipinski definition) is 10. The summed E-state index contributed by atoms with van der Waals surface area (Å²) in [5, 5.41) is 8.34. The van der Waals surface area contributed by atoms with E-state index in [9.17, 15) is 19.2 Å². The number of hydrazone groups is 1. The lowest BCUT2D eigenvalue weighted by Crippen LogP contribution is -2.70. The standard InChI is InChI=1S/C31H30N4O6S2/c1-2-40-25(37)18-33-32-17-22-19-43-30-26(34-24(36)16-23-14-9-15-42-23)29(38)35(30)27(22)31(39)41-28(20-10-5-3-6-11-20)21-12-7-4-8-13-21/h3-15,17,26,28,30,33H,2,16,18-19H2,1H3,(H,34,36)/t26?,30-/m1/s1. The van der Waals surface area contributed by atoms with Crippen LogP contribution in [0.15, 0.2) is 94.5 Å². The fraction of sp³-hybridized carbons (Fsp3) is 0.258. The number of esters is 2. The van der Waals surface area contributed by atoms with Crippen LogP contribution in [-0.2, 0) is 35.1 Å². The highest BCUT2D eigenvalue weighted by Gasteiger charge is 2.54. The van der Waals surface area contributed by atoms with Gasteiger partial charge in [-0.1, -0.05) is 66.7 Å². The first kappa shape index (κ1) is 30.1. The number of nitrogens with zero attached hydrogens (tertiary/aromatic N) is 2. The summed E-state index contributed by atoms with van der Waals surface area (Å²) in [5.41, 5.74) is 4.65. The predicted molar refractivity (Wildman–Crippen MR) is 164 cm³/mol. The predicted octanol–water partition coefficient (Wildman–Crippen LogP) is 3.42. The lowest BCUT2D eigenvalue weighted by atomic mass is 10.0. The summed E-state index contributed by atoms with van der Waals surface area (Å²) in [4.78, 5) is 54.0. The molecule has 43 heavy (non-hydrogen) atoms. The summed E-state index contributed by atoms with van der Waals surface area (Å²) in [6.07, 6.45) is 0.853. The van der Waals surface area contributed by atoms with Gasteiger partial charge < -0.3 is 14.8 Å². The third-order valence-electron chi connectivity index (χ3n) is 6.69. The zero-order chi connectivity index (χ0) is 30.2. The minimum absolute atomic E-state index is 0.0519. The maximum Gasteiger partial charge on any atom is 0.356 e. The van der Waals surface area contributed by atoms with Crippen molar-refractivity contribution in [3.63, 3.8) is 0 Å². The van der Waals surface area contributed by atoms with E-state index in [1.54, 1.807) is 6.92 Å². The number of amides is 2. The molecule has 2 aliphatic rings. The number of nitrogens with one attached hydrogen (secondary N) is 2. The molecule has 5 rings (SSSR count). The van der Waals surface area contributed by atoms with Crippen molar-refractivity contribution in [2.24, 2.45) is 5.10 Å². The smallest absolute Gasteiger partial charge is 0.356 e. The fourth-order valence-electron chi connectivity index (χ4n) is 4.72. The van der Waals surface area contributed by atoms with Crippen LogP contribution in [0.2, 0.25) is 0 Å². The molecule has 0 bridgehead atoms. The zero-order valence-electron chi connectivity index (χ0n) is 23.3. The summed E-state index contributed by atoms with van der Waals surface area (Å²) in [6.45, 7) is 1.80. The molecule has 10 nitrogen and oxygen atoms in total.